The van der Waals surface area contributed by atoms with Crippen LogP contribution >= 0.6 is 11.6 Å². The highest BCUT2D eigenvalue weighted by atomic mass is 35.5. The summed E-state index contributed by atoms with van der Waals surface area (Å²) in [6.45, 7) is 6.09. The van der Waals surface area contributed by atoms with Gasteiger partial charge in [0, 0.05) is 37.8 Å². The van der Waals surface area contributed by atoms with Gasteiger partial charge in [0.25, 0.3) is 0 Å². The van der Waals surface area contributed by atoms with E-state index < -0.39 is 23.6 Å². The molecular weight excluding hydrogens is 652 g/mol. The normalized spacial score (nSPS) is 19.3. The zero-order valence-corrected chi connectivity index (χ0v) is 28.4. The second-order valence-corrected chi connectivity index (χ2v) is 13.4. The predicted molar refractivity (Wildman–Crippen MR) is 183 cm³/mol. The van der Waals surface area contributed by atoms with Crippen LogP contribution in [0.1, 0.15) is 48.8 Å². The number of carbonyl (C=O) groups is 2. The smallest absolute Gasteiger partial charge is 0.335 e. The van der Waals surface area contributed by atoms with Crippen molar-refractivity contribution in [2.45, 2.75) is 63.8 Å². The first-order valence-electron chi connectivity index (χ1n) is 16.8. The van der Waals surface area contributed by atoms with Gasteiger partial charge in [-0.3, -0.25) is 14.6 Å². The highest BCUT2D eigenvalue weighted by Crippen LogP contribution is 2.38. The van der Waals surface area contributed by atoms with Crippen LogP contribution in [-0.2, 0) is 22.7 Å². The van der Waals surface area contributed by atoms with Crippen molar-refractivity contribution >= 4 is 23.5 Å². The lowest BCUT2D eigenvalue weighted by molar-refractivity contribution is -0.163. The Labute approximate surface area is 290 Å². The van der Waals surface area contributed by atoms with E-state index in [1.54, 1.807) is 12.1 Å². The number of piperidine rings is 2. The molecule has 0 bridgehead atoms. The van der Waals surface area contributed by atoms with Crippen LogP contribution in [0.5, 0.6) is 23.0 Å². The zero-order chi connectivity index (χ0) is 34.5. The number of nitrogens with zero attached hydrogens (tertiary/aromatic N) is 2. The van der Waals surface area contributed by atoms with Crippen molar-refractivity contribution in [2.24, 2.45) is 0 Å². The molecule has 11 nitrogen and oxygen atoms in total. The maximum atomic E-state index is 12.0. The molecule has 0 saturated carbocycles. The van der Waals surface area contributed by atoms with E-state index in [1.165, 1.54) is 0 Å². The molecular formula is C37H43ClN2O9. The number of benzene rings is 3. The minimum Gasteiger partial charge on any atom is -0.492 e. The van der Waals surface area contributed by atoms with Crippen molar-refractivity contribution in [3.05, 3.63) is 70.2 Å². The summed E-state index contributed by atoms with van der Waals surface area (Å²) in [4.78, 5) is 27.5. The summed E-state index contributed by atoms with van der Waals surface area (Å²) < 4.78 is 24.1. The van der Waals surface area contributed by atoms with Crippen LogP contribution in [0.25, 0.3) is 11.1 Å². The summed E-state index contributed by atoms with van der Waals surface area (Å²) in [7, 11) is 0. The molecule has 0 spiro atoms. The number of aliphatic carboxylic acids is 2. The molecule has 6 rings (SSSR count). The lowest BCUT2D eigenvalue weighted by Gasteiger charge is -2.35. The van der Waals surface area contributed by atoms with Crippen molar-refractivity contribution in [2.75, 3.05) is 46.0 Å². The van der Waals surface area contributed by atoms with Crippen molar-refractivity contribution < 1.29 is 43.9 Å². The van der Waals surface area contributed by atoms with Crippen molar-refractivity contribution in [3.63, 3.8) is 0 Å². The Hall–Kier alpha value is -4.03. The van der Waals surface area contributed by atoms with E-state index in [-0.39, 0.29) is 19.4 Å². The van der Waals surface area contributed by atoms with E-state index in [2.05, 4.69) is 17.9 Å². The molecule has 0 radical (unpaired) electrons. The van der Waals surface area contributed by atoms with Gasteiger partial charge in [-0.25, -0.2) is 4.79 Å². The van der Waals surface area contributed by atoms with Gasteiger partial charge >= 0.3 is 11.9 Å². The number of aliphatic hydroxyl groups is 1. The molecule has 0 amide bonds. The zero-order valence-electron chi connectivity index (χ0n) is 27.7. The van der Waals surface area contributed by atoms with Crippen LogP contribution in [0.4, 0.5) is 0 Å². The fraction of sp³-hybridized carbons (Fsp3) is 0.459. The molecule has 0 unspecified atom stereocenters. The number of hydrogen-bond donors (Lipinski definition) is 3. The number of likely N-dealkylation sites (tertiary alicyclic amines) is 2. The molecule has 3 aliphatic heterocycles. The molecule has 0 aliphatic carbocycles. The number of hydrogen-bond acceptors (Lipinski definition) is 9. The quantitative estimate of drug-likeness (QED) is 0.225. The number of carboxylic acids is 2. The Kier molecular flexibility index (Phi) is 10.8. The molecule has 3 N–H and O–H groups in total. The largest absolute Gasteiger partial charge is 0.492 e. The molecule has 2 fully saturated rings. The van der Waals surface area contributed by atoms with Crippen LogP contribution in [0, 0.1) is 6.92 Å². The van der Waals surface area contributed by atoms with Crippen LogP contribution < -0.4 is 18.9 Å². The molecule has 1 atom stereocenters. The lowest BCUT2D eigenvalue weighted by Crippen LogP contribution is -2.50. The highest BCUT2D eigenvalue weighted by Gasteiger charge is 2.39. The summed E-state index contributed by atoms with van der Waals surface area (Å²) in [5.74, 6) is 0.434. The van der Waals surface area contributed by atoms with Crippen LogP contribution in [0.2, 0.25) is 5.02 Å². The van der Waals surface area contributed by atoms with Crippen molar-refractivity contribution in [1.82, 2.24) is 9.80 Å². The number of fused-ring (bicyclic) bond motifs is 1. The topological polar surface area (TPSA) is 138 Å². The Morgan fingerprint density at radius 3 is 2.47 bits per heavy atom. The minimum absolute atomic E-state index is 0.146. The van der Waals surface area contributed by atoms with E-state index in [9.17, 15) is 24.9 Å². The fourth-order valence-corrected chi connectivity index (χ4v) is 7.03. The first kappa shape index (κ1) is 34.8. The molecule has 3 aliphatic rings. The second kappa shape index (κ2) is 15.2. The average Bonchev–Trinajstić information content (AvgIpc) is 3.10. The Morgan fingerprint density at radius 2 is 1.71 bits per heavy atom. The van der Waals surface area contributed by atoms with E-state index in [1.807, 2.05) is 35.2 Å². The van der Waals surface area contributed by atoms with E-state index in [0.717, 1.165) is 52.2 Å². The summed E-state index contributed by atoms with van der Waals surface area (Å²) in [5, 5.41) is 29.9. The third kappa shape index (κ3) is 8.07. The van der Waals surface area contributed by atoms with Gasteiger partial charge in [0.1, 0.15) is 44.0 Å². The predicted octanol–water partition coefficient (Wildman–Crippen LogP) is 5.40. The summed E-state index contributed by atoms with van der Waals surface area (Å²) in [6, 6.07) is 15.0. The monoisotopic (exact) mass is 694 g/mol. The average molecular weight is 695 g/mol. The van der Waals surface area contributed by atoms with Crippen LogP contribution in [0.3, 0.4) is 0 Å². The van der Waals surface area contributed by atoms with Gasteiger partial charge in [0.05, 0.1) is 5.02 Å². The first-order valence-corrected chi connectivity index (χ1v) is 17.2. The third-order valence-electron chi connectivity index (χ3n) is 9.82. The Morgan fingerprint density at radius 1 is 0.939 bits per heavy atom. The van der Waals surface area contributed by atoms with Gasteiger partial charge < -0.3 is 34.3 Å². The van der Waals surface area contributed by atoms with Crippen LogP contribution in [-0.4, -0.2) is 94.7 Å². The number of halogens is 1. The van der Waals surface area contributed by atoms with Gasteiger partial charge in [-0.1, -0.05) is 42.3 Å². The molecule has 2 saturated heterocycles. The lowest BCUT2D eigenvalue weighted by atomic mass is 9.92. The van der Waals surface area contributed by atoms with Crippen molar-refractivity contribution in [3.8, 4) is 34.1 Å². The standard InChI is InChI=1S/C37H43ClN2O9/c1-24-26(5-4-6-28(24)25-8-9-31-34(20-25)48-18-17-47-31)23-49-33-21-32(46-16-15-39-13-10-37(45,11-14-39)36(43)44)27(19-29(33)38)22-40-12-3-2-7-30(40)35(41)42/h4-6,8-9,19-21,30,45H,2-3,7,10-18,22-23H2,1H3,(H,41,42)(H,43,44)/t30-/m0/s1. The summed E-state index contributed by atoms with van der Waals surface area (Å²) in [5.41, 5.74) is 3.19. The molecule has 0 aromatic heterocycles. The molecule has 3 aromatic rings. The molecule has 3 heterocycles. The summed E-state index contributed by atoms with van der Waals surface area (Å²) >= 11 is 6.81. The first-order chi connectivity index (χ1) is 23.6. The van der Waals surface area contributed by atoms with Gasteiger partial charge in [0.2, 0.25) is 0 Å². The molecule has 12 heteroatoms. The highest BCUT2D eigenvalue weighted by molar-refractivity contribution is 6.32. The number of carboxylic acid groups (broad SMARTS) is 2. The minimum atomic E-state index is -1.69. The second-order valence-electron chi connectivity index (χ2n) is 13.0. The maximum Gasteiger partial charge on any atom is 0.335 e. The SMILES string of the molecule is Cc1c(COc2cc(OCCN3CCC(O)(C(=O)O)CC3)c(CN3CCCC[C@H]3C(=O)O)cc2Cl)cccc1-c1ccc2c(c1)OCCO2. The number of rotatable bonds is 12. The third-order valence-corrected chi connectivity index (χ3v) is 10.1. The molecule has 3 aromatic carbocycles. The fourth-order valence-electron chi connectivity index (χ4n) is 6.79. The Balaban J connectivity index is 1.19. The van der Waals surface area contributed by atoms with Gasteiger partial charge in [0.15, 0.2) is 17.1 Å². The number of ether oxygens (including phenoxy) is 4. The van der Waals surface area contributed by atoms with Gasteiger partial charge in [-0.15, -0.1) is 0 Å². The maximum absolute atomic E-state index is 12.0. The molecule has 49 heavy (non-hydrogen) atoms. The van der Waals surface area contributed by atoms with Gasteiger partial charge in [-0.05, 0) is 79.6 Å². The van der Waals surface area contributed by atoms with E-state index >= 15 is 0 Å². The van der Waals surface area contributed by atoms with E-state index in [0.29, 0.717) is 75.5 Å². The molecule has 262 valence electrons. The summed E-state index contributed by atoms with van der Waals surface area (Å²) in [6.07, 6.45) is 2.66. The van der Waals surface area contributed by atoms with Crippen LogP contribution in [0.15, 0.2) is 48.5 Å². The van der Waals surface area contributed by atoms with Crippen molar-refractivity contribution in [1.29, 1.82) is 0 Å². The Bertz CT molecular complexity index is 1670. The van der Waals surface area contributed by atoms with E-state index in [4.69, 9.17) is 30.5 Å². The van der Waals surface area contributed by atoms with Gasteiger partial charge in [-0.2, -0.15) is 0 Å².